The molecule has 0 spiro atoms. The van der Waals surface area contributed by atoms with E-state index in [1.807, 2.05) is 26.8 Å². The second-order valence-corrected chi connectivity index (χ2v) is 8.28. The van der Waals surface area contributed by atoms with Gasteiger partial charge in [0.25, 0.3) is 0 Å². The van der Waals surface area contributed by atoms with Gasteiger partial charge in [0.1, 0.15) is 5.60 Å². The second-order valence-electron chi connectivity index (χ2n) is 8.28. The normalized spacial score (nSPS) is 20.8. The summed E-state index contributed by atoms with van der Waals surface area (Å²) in [6.45, 7) is 12.6. The van der Waals surface area contributed by atoms with Crippen LogP contribution < -0.4 is 0 Å². The topological polar surface area (TPSA) is 29.5 Å². The summed E-state index contributed by atoms with van der Waals surface area (Å²) in [6, 6.07) is 0. The highest BCUT2D eigenvalue weighted by molar-refractivity contribution is 5.71. The van der Waals surface area contributed by atoms with Crippen LogP contribution in [0.4, 0.5) is 4.79 Å². The Morgan fingerprint density at radius 2 is 2.15 bits per heavy atom. The second kappa shape index (κ2) is 7.99. The van der Waals surface area contributed by atoms with E-state index in [-0.39, 0.29) is 13.1 Å². The van der Waals surface area contributed by atoms with E-state index in [9.17, 15) is 4.79 Å². The summed E-state index contributed by atoms with van der Waals surface area (Å²) in [7, 11) is 0. The molecule has 1 aliphatic heterocycles. The minimum atomic E-state index is -0.483. The van der Waals surface area contributed by atoms with Gasteiger partial charge in [-0.25, -0.2) is 4.79 Å². The Bertz CT molecular complexity index is 737. The van der Waals surface area contributed by atoms with Gasteiger partial charge in [0.15, 0.2) is 0 Å². The minimum Gasteiger partial charge on any atom is -0.444 e. The maximum atomic E-state index is 12.5. The SMILES string of the molecule is CCC1=CC=CC(C#C/C=C2\CCN(C(=O)OC(C)(C)C)C2(C)C)=CC1.[HH]. The number of likely N-dealkylation sites (tertiary alicyclic amines) is 1. The third-order valence-electron chi connectivity index (χ3n) is 4.79. The van der Waals surface area contributed by atoms with E-state index in [1.165, 1.54) is 11.1 Å². The summed E-state index contributed by atoms with van der Waals surface area (Å²) >= 11 is 0. The van der Waals surface area contributed by atoms with E-state index in [2.05, 4.69) is 56.9 Å². The maximum absolute atomic E-state index is 12.5. The van der Waals surface area contributed by atoms with E-state index < -0.39 is 5.60 Å². The first kappa shape index (κ1) is 20.1. The van der Waals surface area contributed by atoms with Crippen LogP contribution in [0.1, 0.15) is 62.2 Å². The third-order valence-corrected chi connectivity index (χ3v) is 4.79. The van der Waals surface area contributed by atoms with Gasteiger partial charge in [0.2, 0.25) is 0 Å². The summed E-state index contributed by atoms with van der Waals surface area (Å²) in [4.78, 5) is 14.3. The predicted octanol–water partition coefficient (Wildman–Crippen LogP) is 5.80. The van der Waals surface area contributed by atoms with Crippen LogP contribution in [0.3, 0.4) is 0 Å². The first-order valence-corrected chi connectivity index (χ1v) is 9.41. The Hall–Kier alpha value is -2.21. The predicted molar refractivity (Wildman–Crippen MR) is 110 cm³/mol. The molecule has 0 N–H and O–H groups in total. The molecule has 1 saturated heterocycles. The maximum Gasteiger partial charge on any atom is 0.410 e. The minimum absolute atomic E-state index is 0. The lowest BCUT2D eigenvalue weighted by atomic mass is 9.95. The van der Waals surface area contributed by atoms with Crippen LogP contribution in [0.25, 0.3) is 0 Å². The summed E-state index contributed by atoms with van der Waals surface area (Å²) in [5, 5.41) is 0. The fraction of sp³-hybridized carbons (Fsp3) is 0.522. The van der Waals surface area contributed by atoms with Gasteiger partial charge in [-0.3, -0.25) is 4.90 Å². The molecule has 0 aromatic rings. The fourth-order valence-electron chi connectivity index (χ4n) is 3.10. The van der Waals surface area contributed by atoms with Crippen molar-refractivity contribution in [3.63, 3.8) is 0 Å². The van der Waals surface area contributed by atoms with E-state index in [1.54, 1.807) is 4.90 Å². The Labute approximate surface area is 160 Å². The summed E-state index contributed by atoms with van der Waals surface area (Å²) in [5.41, 5.74) is 2.77. The first-order chi connectivity index (χ1) is 12.1. The van der Waals surface area contributed by atoms with Gasteiger partial charge in [0.05, 0.1) is 5.54 Å². The lowest BCUT2D eigenvalue weighted by Crippen LogP contribution is -2.46. The van der Waals surface area contributed by atoms with Crippen molar-refractivity contribution in [3.8, 4) is 11.8 Å². The number of rotatable bonds is 1. The van der Waals surface area contributed by atoms with Gasteiger partial charge in [-0.1, -0.05) is 42.6 Å². The molecule has 3 heteroatoms. The molecule has 2 aliphatic rings. The number of carbonyl (C=O) groups excluding carboxylic acids is 1. The Kier molecular flexibility index (Phi) is 6.18. The standard InChI is InChI=1S/C23H31NO2.H2/c1-7-18-10-8-11-19(15-14-18)12-9-13-20-16-17-24(23(20,5)6)21(25)26-22(2,3)4;/h8,10-11,13,15H,7,14,16-17H2,1-6H3;1H/b20-13+;. The zero-order valence-electron chi connectivity index (χ0n) is 17.0. The summed E-state index contributed by atoms with van der Waals surface area (Å²) in [5.74, 6) is 6.42. The van der Waals surface area contributed by atoms with Crippen LogP contribution >= 0.6 is 0 Å². The molecule has 0 unspecified atom stereocenters. The van der Waals surface area contributed by atoms with E-state index in [0.717, 1.165) is 24.8 Å². The molecule has 0 bridgehead atoms. The van der Waals surface area contributed by atoms with Crippen LogP contribution in [0.2, 0.25) is 0 Å². The van der Waals surface area contributed by atoms with Gasteiger partial charge in [-0.15, -0.1) is 0 Å². The van der Waals surface area contributed by atoms with Crippen LogP contribution in [0.5, 0.6) is 0 Å². The third kappa shape index (κ3) is 5.14. The Morgan fingerprint density at radius 3 is 2.81 bits per heavy atom. The van der Waals surface area contributed by atoms with Crippen LogP contribution in [0.15, 0.2) is 47.1 Å². The van der Waals surface area contributed by atoms with Gasteiger partial charge < -0.3 is 4.74 Å². The molecule has 2 rings (SSSR count). The molecule has 3 nitrogen and oxygen atoms in total. The van der Waals surface area contributed by atoms with Crippen molar-refractivity contribution in [3.05, 3.63) is 47.1 Å². The van der Waals surface area contributed by atoms with E-state index in [4.69, 9.17) is 4.74 Å². The van der Waals surface area contributed by atoms with Gasteiger partial charge in [0, 0.05) is 13.5 Å². The molecule has 1 fully saturated rings. The van der Waals surface area contributed by atoms with Crippen molar-refractivity contribution in [1.29, 1.82) is 0 Å². The average Bonchev–Trinajstić information content (AvgIpc) is 2.70. The molecule has 1 heterocycles. The number of nitrogens with zero attached hydrogens (tertiary/aromatic N) is 1. The number of carbonyl (C=O) groups is 1. The average molecular weight is 356 g/mol. The lowest BCUT2D eigenvalue weighted by molar-refractivity contribution is 0.0160. The Balaban J connectivity index is 0.00000364. The number of ether oxygens (including phenoxy) is 1. The number of amides is 1. The molecule has 0 atom stereocenters. The van der Waals surface area contributed by atoms with Crippen LogP contribution in [-0.2, 0) is 4.74 Å². The van der Waals surface area contributed by atoms with Gasteiger partial charge in [-0.05, 0) is 71.6 Å². The van der Waals surface area contributed by atoms with Gasteiger partial charge >= 0.3 is 6.09 Å². The van der Waals surface area contributed by atoms with Crippen molar-refractivity contribution in [2.75, 3.05) is 6.54 Å². The number of allylic oxidation sites excluding steroid dienone is 7. The van der Waals surface area contributed by atoms with Crippen molar-refractivity contribution in [2.45, 2.75) is 71.9 Å². The molecule has 1 aliphatic carbocycles. The summed E-state index contributed by atoms with van der Waals surface area (Å²) < 4.78 is 5.54. The molecule has 142 valence electrons. The fourth-order valence-corrected chi connectivity index (χ4v) is 3.10. The monoisotopic (exact) mass is 355 g/mol. The van der Waals surface area contributed by atoms with Crippen molar-refractivity contribution >= 4 is 6.09 Å². The molecule has 0 aromatic heterocycles. The zero-order valence-corrected chi connectivity index (χ0v) is 17.0. The molecule has 0 saturated carbocycles. The van der Waals surface area contributed by atoms with Crippen LogP contribution in [-0.4, -0.2) is 28.7 Å². The summed E-state index contributed by atoms with van der Waals surface area (Å²) in [6.07, 6.45) is 13.0. The molecular weight excluding hydrogens is 322 g/mol. The Morgan fingerprint density at radius 1 is 1.42 bits per heavy atom. The van der Waals surface area contributed by atoms with E-state index in [0.29, 0.717) is 6.54 Å². The van der Waals surface area contributed by atoms with E-state index >= 15 is 0 Å². The molecular formula is C23H33NO2. The highest BCUT2D eigenvalue weighted by Crippen LogP contribution is 2.34. The lowest BCUT2D eigenvalue weighted by Gasteiger charge is -2.34. The molecule has 0 radical (unpaired) electrons. The molecule has 1 amide bonds. The quantitative estimate of drug-likeness (QED) is 0.556. The number of hydrogen-bond donors (Lipinski definition) is 0. The molecule has 26 heavy (non-hydrogen) atoms. The zero-order chi connectivity index (χ0) is 19.4. The largest absolute Gasteiger partial charge is 0.444 e. The van der Waals surface area contributed by atoms with Gasteiger partial charge in [-0.2, -0.15) is 0 Å². The number of hydrogen-bond acceptors (Lipinski definition) is 2. The highest BCUT2D eigenvalue weighted by Gasteiger charge is 2.41. The van der Waals surface area contributed by atoms with Crippen molar-refractivity contribution in [2.24, 2.45) is 0 Å². The first-order valence-electron chi connectivity index (χ1n) is 9.41. The van der Waals surface area contributed by atoms with Crippen LogP contribution in [0, 0.1) is 11.8 Å². The van der Waals surface area contributed by atoms with Crippen molar-refractivity contribution < 1.29 is 11.0 Å². The smallest absolute Gasteiger partial charge is 0.410 e. The highest BCUT2D eigenvalue weighted by atomic mass is 16.6. The molecule has 0 aromatic carbocycles. The van der Waals surface area contributed by atoms with Crippen molar-refractivity contribution in [1.82, 2.24) is 4.90 Å².